The minimum absolute atomic E-state index is 0.149. The van der Waals surface area contributed by atoms with Gasteiger partial charge < -0.3 is 20.1 Å². The average Bonchev–Trinajstić information content (AvgIpc) is 2.97. The van der Waals surface area contributed by atoms with Gasteiger partial charge in [-0.1, -0.05) is 52.8 Å². The number of ether oxygens (including phenoxy) is 1. The highest BCUT2D eigenvalue weighted by molar-refractivity contribution is 5.88. The van der Waals surface area contributed by atoms with E-state index in [1.54, 1.807) is 6.92 Å². The van der Waals surface area contributed by atoms with Crippen LogP contribution in [0.1, 0.15) is 87.0 Å². The lowest BCUT2D eigenvalue weighted by Gasteiger charge is -2.65. The molecule has 1 aliphatic heterocycles. The first kappa shape index (κ1) is 25.6. The molecule has 0 radical (unpaired) electrons. The van der Waals surface area contributed by atoms with Crippen LogP contribution in [-0.4, -0.2) is 51.1 Å². The van der Waals surface area contributed by atoms with E-state index in [0.717, 1.165) is 25.7 Å². The van der Waals surface area contributed by atoms with Crippen LogP contribution in [0.2, 0.25) is 0 Å². The summed E-state index contributed by atoms with van der Waals surface area (Å²) in [7, 11) is 0. The summed E-state index contributed by atoms with van der Waals surface area (Å²) in [6.45, 7) is 18.6. The van der Waals surface area contributed by atoms with Gasteiger partial charge in [0.25, 0.3) is 0 Å². The molecule has 0 spiro atoms. The maximum absolute atomic E-state index is 14.3. The number of allylic oxidation sites excluding steroid dienone is 1. The molecule has 35 heavy (non-hydrogen) atoms. The molecule has 1 heterocycles. The fourth-order valence-electron chi connectivity index (χ4n) is 9.99. The fraction of sp³-hybridized carbons (Fsp3) is 0.833. The van der Waals surface area contributed by atoms with Crippen molar-refractivity contribution >= 4 is 5.78 Å². The first-order valence-electron chi connectivity index (χ1n) is 13.6. The van der Waals surface area contributed by atoms with Crippen LogP contribution in [0.3, 0.4) is 0 Å². The largest absolute Gasteiger partial charge is 0.392 e. The number of ketones is 1. The van der Waals surface area contributed by atoms with Gasteiger partial charge in [-0.3, -0.25) is 4.79 Å². The van der Waals surface area contributed by atoms with E-state index in [0.29, 0.717) is 24.2 Å². The van der Waals surface area contributed by atoms with Gasteiger partial charge in [0.1, 0.15) is 11.9 Å². The number of hydrogen-bond donors (Lipinski definition) is 3. The molecule has 0 aromatic rings. The van der Waals surface area contributed by atoms with Gasteiger partial charge in [-0.05, 0) is 67.8 Å². The summed E-state index contributed by atoms with van der Waals surface area (Å²) in [5, 5.41) is 33.3. The van der Waals surface area contributed by atoms with Crippen LogP contribution in [0.25, 0.3) is 0 Å². The summed E-state index contributed by atoms with van der Waals surface area (Å²) >= 11 is 0. The van der Waals surface area contributed by atoms with E-state index in [9.17, 15) is 20.1 Å². The van der Waals surface area contributed by atoms with Crippen molar-refractivity contribution in [1.29, 1.82) is 0 Å². The van der Waals surface area contributed by atoms with Crippen LogP contribution >= 0.6 is 0 Å². The third-order valence-electron chi connectivity index (χ3n) is 12.1. The molecule has 0 aromatic heterocycles. The molecule has 5 nitrogen and oxygen atoms in total. The Morgan fingerprint density at radius 3 is 2.40 bits per heavy atom. The van der Waals surface area contributed by atoms with E-state index < -0.39 is 28.6 Å². The monoisotopic (exact) mass is 486 g/mol. The van der Waals surface area contributed by atoms with Gasteiger partial charge in [-0.15, -0.1) is 0 Å². The van der Waals surface area contributed by atoms with Crippen LogP contribution in [0.4, 0.5) is 0 Å². The first-order valence-corrected chi connectivity index (χ1v) is 13.6. The molecule has 5 rings (SSSR count). The smallest absolute Gasteiger partial charge is 0.140 e. The molecule has 5 heteroatoms. The van der Waals surface area contributed by atoms with Gasteiger partial charge in [0.15, 0.2) is 0 Å². The number of Topliss-reactive ketones (excluding diaryl/α,β-unsaturated/α-hetero) is 1. The number of rotatable bonds is 2. The second kappa shape index (κ2) is 7.52. The van der Waals surface area contributed by atoms with Crippen LogP contribution < -0.4 is 0 Å². The van der Waals surface area contributed by atoms with Crippen LogP contribution in [0.5, 0.6) is 0 Å². The van der Waals surface area contributed by atoms with Crippen molar-refractivity contribution in [2.75, 3.05) is 0 Å². The van der Waals surface area contributed by atoms with Crippen molar-refractivity contribution < 1.29 is 24.9 Å². The zero-order valence-electron chi connectivity index (χ0n) is 22.7. The Hall–Kier alpha value is -1.01. The third-order valence-corrected chi connectivity index (χ3v) is 12.1. The third kappa shape index (κ3) is 3.11. The summed E-state index contributed by atoms with van der Waals surface area (Å²) in [5.41, 5.74) is -0.522. The lowest BCUT2D eigenvalue weighted by atomic mass is 9.38. The molecule has 196 valence electrons. The number of aliphatic hydroxyl groups excluding tert-OH is 2. The normalized spacial score (nSPS) is 53.5. The molecule has 0 unspecified atom stereocenters. The zero-order chi connectivity index (χ0) is 25.9. The molecule has 4 fully saturated rings. The molecule has 11 atom stereocenters. The molecule has 0 aromatic carbocycles. The number of carbonyl (C=O) groups is 1. The second-order valence-electron chi connectivity index (χ2n) is 14.3. The Labute approximate surface area is 211 Å². The zero-order valence-corrected chi connectivity index (χ0v) is 22.7. The van der Waals surface area contributed by atoms with E-state index in [1.165, 1.54) is 5.57 Å². The quantitative estimate of drug-likeness (QED) is 0.497. The average molecular weight is 487 g/mol. The molecule has 5 aliphatic rings. The van der Waals surface area contributed by atoms with E-state index in [2.05, 4.69) is 47.3 Å². The SMILES string of the molecule is C=C(C)[C@@H](O)[C@H]1C[C@](C)(O)[C@H]2[C@@H](C[C@@]3(C)[C@@H]4CC=C5[C@@H](CC[C@H](O)C5(C)C)[C@]4(C)C(=O)C[C@]23C)O1. The molecular weight excluding hydrogens is 440 g/mol. The van der Waals surface area contributed by atoms with Gasteiger partial charge in [0.2, 0.25) is 0 Å². The fourth-order valence-corrected chi connectivity index (χ4v) is 9.99. The Bertz CT molecular complexity index is 979. The molecule has 3 N–H and O–H groups in total. The topological polar surface area (TPSA) is 87.0 Å². The van der Waals surface area contributed by atoms with Crippen molar-refractivity contribution in [3.63, 3.8) is 0 Å². The highest BCUT2D eigenvalue weighted by Crippen LogP contribution is 2.75. The molecule has 0 bridgehead atoms. The van der Waals surface area contributed by atoms with Crippen molar-refractivity contribution in [1.82, 2.24) is 0 Å². The number of carbonyl (C=O) groups excluding carboxylic acids is 1. The van der Waals surface area contributed by atoms with Crippen LogP contribution in [-0.2, 0) is 9.53 Å². The highest BCUT2D eigenvalue weighted by Gasteiger charge is 2.75. The lowest BCUT2D eigenvalue weighted by Crippen LogP contribution is -2.65. The number of hydrogen-bond acceptors (Lipinski definition) is 5. The van der Waals surface area contributed by atoms with Crippen molar-refractivity contribution in [3.05, 3.63) is 23.8 Å². The number of fused-ring (bicyclic) bond motifs is 7. The minimum atomic E-state index is -1.04. The Balaban J connectivity index is 1.58. The lowest BCUT2D eigenvalue weighted by molar-refractivity contribution is -0.217. The van der Waals surface area contributed by atoms with Gasteiger partial charge in [0, 0.05) is 29.6 Å². The number of aliphatic hydroxyl groups is 3. The Morgan fingerprint density at radius 1 is 1.11 bits per heavy atom. The summed E-state index contributed by atoms with van der Waals surface area (Å²) in [5.74, 6) is 0.439. The Kier molecular flexibility index (Phi) is 5.51. The van der Waals surface area contributed by atoms with E-state index in [4.69, 9.17) is 4.74 Å². The van der Waals surface area contributed by atoms with E-state index in [-0.39, 0.29) is 40.8 Å². The summed E-state index contributed by atoms with van der Waals surface area (Å²) in [6.07, 6.45) is 4.40. The van der Waals surface area contributed by atoms with Gasteiger partial charge in [-0.25, -0.2) is 0 Å². The molecular formula is C30H46O5. The summed E-state index contributed by atoms with van der Waals surface area (Å²) in [4.78, 5) is 14.3. The summed E-state index contributed by atoms with van der Waals surface area (Å²) < 4.78 is 6.56. The summed E-state index contributed by atoms with van der Waals surface area (Å²) in [6, 6.07) is 0. The van der Waals surface area contributed by atoms with Crippen molar-refractivity contribution in [2.45, 2.75) is 117 Å². The maximum atomic E-state index is 14.3. The molecule has 4 aliphatic carbocycles. The second-order valence-corrected chi connectivity index (χ2v) is 14.3. The standard InChI is InChI=1S/C30H46O5/c1-16(2)24(33)19-14-29(7,34)25-20(35-19)13-27(5)21-11-9-17-18(10-12-22(31)26(17,3)4)30(21,8)23(32)15-28(25,27)6/h9,18-22,24-25,31,33-34H,1,10-15H2,2-8H3/t18-,19-,20-,21+,22+,24-,25+,27+,28-,29+,30+/m1/s1. The van der Waals surface area contributed by atoms with Gasteiger partial charge in [0.05, 0.1) is 23.9 Å². The molecule has 3 saturated carbocycles. The predicted molar refractivity (Wildman–Crippen MR) is 135 cm³/mol. The molecule has 1 saturated heterocycles. The highest BCUT2D eigenvalue weighted by atomic mass is 16.5. The maximum Gasteiger partial charge on any atom is 0.140 e. The van der Waals surface area contributed by atoms with E-state index in [1.807, 2.05) is 6.92 Å². The van der Waals surface area contributed by atoms with Crippen molar-refractivity contribution in [2.24, 2.45) is 39.4 Å². The minimum Gasteiger partial charge on any atom is -0.392 e. The molecule has 0 amide bonds. The Morgan fingerprint density at radius 2 is 1.77 bits per heavy atom. The van der Waals surface area contributed by atoms with E-state index >= 15 is 0 Å². The predicted octanol–water partition coefficient (Wildman–Crippen LogP) is 4.59. The van der Waals surface area contributed by atoms with Crippen LogP contribution in [0, 0.1) is 39.4 Å². The van der Waals surface area contributed by atoms with Crippen LogP contribution in [0.15, 0.2) is 23.8 Å². The first-order chi connectivity index (χ1) is 16.0. The van der Waals surface area contributed by atoms with Crippen molar-refractivity contribution in [3.8, 4) is 0 Å². The van der Waals surface area contributed by atoms with Gasteiger partial charge >= 0.3 is 0 Å². The van der Waals surface area contributed by atoms with Gasteiger partial charge in [-0.2, -0.15) is 0 Å².